The van der Waals surface area contributed by atoms with E-state index in [1.165, 1.54) is 46.1 Å². The van der Waals surface area contributed by atoms with Gasteiger partial charge in [-0.3, -0.25) is 9.78 Å². The summed E-state index contributed by atoms with van der Waals surface area (Å²) in [5.74, 6) is 1.24. The van der Waals surface area contributed by atoms with Crippen LogP contribution >= 0.6 is 23.5 Å². The molecular weight excluding hydrogens is 354 g/mol. The first-order valence-corrected chi connectivity index (χ1v) is 9.46. The van der Waals surface area contributed by atoms with Gasteiger partial charge in [0.05, 0.1) is 10.7 Å². The third-order valence-electron chi connectivity index (χ3n) is 4.21. The second-order valence-corrected chi connectivity index (χ2v) is 7.33. The number of rotatable bonds is 5. The summed E-state index contributed by atoms with van der Waals surface area (Å²) in [6.45, 7) is 0. The molecule has 126 valence electrons. The zero-order valence-electron chi connectivity index (χ0n) is 13.4. The highest BCUT2D eigenvalue weighted by atomic mass is 35.5. The van der Waals surface area contributed by atoms with Gasteiger partial charge in [0.2, 0.25) is 0 Å². The Morgan fingerprint density at radius 2 is 2.04 bits per heavy atom. The molecule has 4 nitrogen and oxygen atoms in total. The van der Waals surface area contributed by atoms with Crippen molar-refractivity contribution in [3.05, 3.63) is 81.4 Å². The summed E-state index contributed by atoms with van der Waals surface area (Å²) in [5.41, 5.74) is 4.14. The Morgan fingerprint density at radius 3 is 2.76 bits per heavy atom. The molecular formula is C19H16ClN3OS. The van der Waals surface area contributed by atoms with Gasteiger partial charge in [-0.05, 0) is 72.2 Å². The SMILES string of the molecule is O=c1cccnn1SCc1cc(-c2ccccn2)c(Cl)cc1C1CC1. The normalized spacial score (nSPS) is 13.8. The number of aromatic nitrogens is 3. The fourth-order valence-corrected chi connectivity index (χ4v) is 3.91. The molecule has 0 atom stereocenters. The maximum atomic E-state index is 11.9. The summed E-state index contributed by atoms with van der Waals surface area (Å²) in [5, 5.41) is 4.84. The van der Waals surface area contributed by atoms with E-state index < -0.39 is 0 Å². The van der Waals surface area contributed by atoms with Crippen molar-refractivity contribution in [2.45, 2.75) is 24.5 Å². The molecule has 4 rings (SSSR count). The molecule has 1 aliphatic carbocycles. The molecule has 2 aromatic heterocycles. The van der Waals surface area contributed by atoms with Gasteiger partial charge in [0.1, 0.15) is 0 Å². The molecule has 25 heavy (non-hydrogen) atoms. The highest BCUT2D eigenvalue weighted by Gasteiger charge is 2.27. The Labute approximate surface area is 155 Å². The number of hydrogen-bond donors (Lipinski definition) is 0. The van der Waals surface area contributed by atoms with E-state index in [2.05, 4.69) is 22.2 Å². The lowest BCUT2D eigenvalue weighted by molar-refractivity contribution is 0.914. The van der Waals surface area contributed by atoms with Crippen molar-refractivity contribution in [2.75, 3.05) is 0 Å². The van der Waals surface area contributed by atoms with Crippen LogP contribution in [0.25, 0.3) is 11.3 Å². The summed E-state index contributed by atoms with van der Waals surface area (Å²) >= 11 is 7.93. The molecule has 0 N–H and O–H groups in total. The molecule has 0 radical (unpaired) electrons. The van der Waals surface area contributed by atoms with Crippen molar-refractivity contribution in [1.82, 2.24) is 14.2 Å². The molecule has 0 spiro atoms. The fraction of sp³-hybridized carbons (Fsp3) is 0.211. The smallest absolute Gasteiger partial charge is 0.267 e. The lowest BCUT2D eigenvalue weighted by Crippen LogP contribution is -2.15. The quantitative estimate of drug-likeness (QED) is 0.662. The van der Waals surface area contributed by atoms with Crippen molar-refractivity contribution in [3.63, 3.8) is 0 Å². The average molecular weight is 370 g/mol. The van der Waals surface area contributed by atoms with Gasteiger partial charge in [-0.25, -0.2) is 0 Å². The number of benzene rings is 1. The summed E-state index contributed by atoms with van der Waals surface area (Å²) in [6.07, 6.45) is 5.78. The molecule has 1 aliphatic rings. The third-order valence-corrected chi connectivity index (χ3v) is 5.49. The topological polar surface area (TPSA) is 47.8 Å². The van der Waals surface area contributed by atoms with Gasteiger partial charge >= 0.3 is 0 Å². The first kappa shape index (κ1) is 16.4. The van der Waals surface area contributed by atoms with E-state index in [1.807, 2.05) is 18.2 Å². The van der Waals surface area contributed by atoms with E-state index >= 15 is 0 Å². The molecule has 3 aromatic rings. The minimum absolute atomic E-state index is 0.112. The summed E-state index contributed by atoms with van der Waals surface area (Å²) in [7, 11) is 0. The van der Waals surface area contributed by atoms with Crippen LogP contribution in [0, 0.1) is 0 Å². The maximum Gasteiger partial charge on any atom is 0.277 e. The van der Waals surface area contributed by atoms with E-state index in [-0.39, 0.29) is 5.56 Å². The summed E-state index contributed by atoms with van der Waals surface area (Å²) in [4.78, 5) is 16.3. The summed E-state index contributed by atoms with van der Waals surface area (Å²) < 4.78 is 1.42. The van der Waals surface area contributed by atoms with E-state index in [0.29, 0.717) is 11.7 Å². The Balaban J connectivity index is 1.70. The molecule has 0 bridgehead atoms. The molecule has 1 aromatic carbocycles. The predicted octanol–water partition coefficient (Wildman–Crippen LogP) is 4.53. The molecule has 6 heteroatoms. The third kappa shape index (κ3) is 3.62. The van der Waals surface area contributed by atoms with Crippen LogP contribution in [0.2, 0.25) is 5.02 Å². The van der Waals surface area contributed by atoms with Gasteiger partial charge in [-0.1, -0.05) is 17.7 Å². The van der Waals surface area contributed by atoms with Crippen molar-refractivity contribution in [2.24, 2.45) is 0 Å². The van der Waals surface area contributed by atoms with Crippen LogP contribution in [0.4, 0.5) is 0 Å². The van der Waals surface area contributed by atoms with E-state index in [0.717, 1.165) is 16.3 Å². The maximum absolute atomic E-state index is 11.9. The van der Waals surface area contributed by atoms with Crippen LogP contribution in [-0.4, -0.2) is 14.2 Å². The molecule has 0 aliphatic heterocycles. The van der Waals surface area contributed by atoms with Crippen LogP contribution in [0.1, 0.15) is 29.9 Å². The predicted molar refractivity (Wildman–Crippen MR) is 102 cm³/mol. The average Bonchev–Trinajstić information content (AvgIpc) is 3.47. The van der Waals surface area contributed by atoms with Crippen LogP contribution in [0.3, 0.4) is 0 Å². The number of nitrogens with zero attached hydrogens (tertiary/aromatic N) is 3. The zero-order chi connectivity index (χ0) is 17.2. The van der Waals surface area contributed by atoms with E-state index in [1.54, 1.807) is 18.5 Å². The zero-order valence-corrected chi connectivity index (χ0v) is 15.0. The van der Waals surface area contributed by atoms with Crippen LogP contribution in [0.5, 0.6) is 0 Å². The van der Waals surface area contributed by atoms with E-state index in [9.17, 15) is 4.79 Å². The molecule has 0 unspecified atom stereocenters. The number of halogens is 1. The first-order valence-electron chi connectivity index (χ1n) is 8.14. The Hall–Kier alpha value is -2.11. The number of hydrogen-bond acceptors (Lipinski definition) is 4. The number of pyridine rings is 1. The lowest BCUT2D eigenvalue weighted by atomic mass is 9.99. The largest absolute Gasteiger partial charge is 0.277 e. The molecule has 1 saturated carbocycles. The second-order valence-electron chi connectivity index (χ2n) is 6.03. The molecule has 0 saturated heterocycles. The van der Waals surface area contributed by atoms with Crippen LogP contribution in [0.15, 0.2) is 59.7 Å². The van der Waals surface area contributed by atoms with Crippen molar-refractivity contribution in [1.29, 1.82) is 0 Å². The molecule has 0 amide bonds. The Morgan fingerprint density at radius 1 is 1.16 bits per heavy atom. The fourth-order valence-electron chi connectivity index (χ4n) is 2.82. The van der Waals surface area contributed by atoms with Gasteiger partial charge in [-0.2, -0.15) is 9.19 Å². The minimum atomic E-state index is -0.112. The van der Waals surface area contributed by atoms with Crippen molar-refractivity contribution in [3.8, 4) is 11.3 Å². The van der Waals surface area contributed by atoms with Gasteiger partial charge in [0, 0.05) is 29.8 Å². The highest BCUT2D eigenvalue weighted by molar-refractivity contribution is 7.96. The Kier molecular flexibility index (Phi) is 4.59. The van der Waals surface area contributed by atoms with Crippen molar-refractivity contribution < 1.29 is 0 Å². The minimum Gasteiger partial charge on any atom is -0.267 e. The van der Waals surface area contributed by atoms with Gasteiger partial charge in [0.25, 0.3) is 5.56 Å². The monoisotopic (exact) mass is 369 g/mol. The van der Waals surface area contributed by atoms with Gasteiger partial charge in [-0.15, -0.1) is 0 Å². The highest BCUT2D eigenvalue weighted by Crippen LogP contribution is 2.45. The summed E-state index contributed by atoms with van der Waals surface area (Å²) in [6, 6.07) is 13.1. The first-order chi connectivity index (χ1) is 12.2. The van der Waals surface area contributed by atoms with Crippen LogP contribution in [-0.2, 0) is 5.75 Å². The Bertz CT molecular complexity index is 954. The van der Waals surface area contributed by atoms with Gasteiger partial charge in [0.15, 0.2) is 0 Å². The van der Waals surface area contributed by atoms with Crippen molar-refractivity contribution >= 4 is 23.5 Å². The van der Waals surface area contributed by atoms with Crippen LogP contribution < -0.4 is 5.56 Å². The standard InChI is InChI=1S/C19H16ClN3OS/c20-17-11-15(13-6-7-13)14(10-16(17)18-4-1-2-8-21-18)12-25-23-19(24)5-3-9-22-23/h1-5,8-11,13H,6-7,12H2. The lowest BCUT2D eigenvalue weighted by Gasteiger charge is -2.13. The second kappa shape index (κ2) is 7.02. The van der Waals surface area contributed by atoms with Gasteiger partial charge < -0.3 is 0 Å². The molecule has 2 heterocycles. The van der Waals surface area contributed by atoms with E-state index in [4.69, 9.17) is 11.6 Å². The molecule has 1 fully saturated rings.